The predicted octanol–water partition coefficient (Wildman–Crippen LogP) is 4.16. The summed E-state index contributed by atoms with van der Waals surface area (Å²) < 4.78 is 13.2. The van der Waals surface area contributed by atoms with E-state index in [4.69, 9.17) is 5.73 Å². The summed E-state index contributed by atoms with van der Waals surface area (Å²) in [6.45, 7) is 1.92. The number of rotatable bonds is 6. The second-order valence-electron chi connectivity index (χ2n) is 8.43. The Hall–Kier alpha value is -2.60. The van der Waals surface area contributed by atoms with Crippen molar-refractivity contribution in [1.82, 2.24) is 10.2 Å². The lowest BCUT2D eigenvalue weighted by Gasteiger charge is -2.46. The molecule has 1 saturated carbocycles. The van der Waals surface area contributed by atoms with E-state index in [2.05, 4.69) is 15.5 Å². The van der Waals surface area contributed by atoms with E-state index in [0.717, 1.165) is 50.9 Å². The lowest BCUT2D eigenvalue weighted by Crippen LogP contribution is -2.61. The van der Waals surface area contributed by atoms with Crippen LogP contribution in [0.3, 0.4) is 0 Å². The van der Waals surface area contributed by atoms with Gasteiger partial charge in [0.25, 0.3) is 0 Å². The molecule has 29 heavy (non-hydrogen) atoms. The first kappa shape index (κ1) is 19.7. The van der Waals surface area contributed by atoms with E-state index in [9.17, 15) is 9.18 Å². The number of hydrogen-bond acceptors (Lipinski definition) is 3. The van der Waals surface area contributed by atoms with Crippen LogP contribution < -0.4 is 16.4 Å². The third kappa shape index (κ3) is 4.88. The van der Waals surface area contributed by atoms with Crippen LogP contribution in [0.15, 0.2) is 48.5 Å². The Morgan fingerprint density at radius 2 is 1.83 bits per heavy atom. The number of nitrogens with zero attached hydrogens (tertiary/aromatic N) is 1. The Kier molecular flexibility index (Phi) is 5.72. The maximum atomic E-state index is 13.2. The SMILES string of the molecule is Nc1ccc(NC(=O)NC2(CN3CCCC3Cc3ccc(F)cc3)CCC2)cc1. The minimum atomic E-state index is -0.193. The Labute approximate surface area is 171 Å². The molecule has 6 heteroatoms. The Balaban J connectivity index is 1.36. The number of benzene rings is 2. The lowest BCUT2D eigenvalue weighted by molar-refractivity contribution is 0.109. The summed E-state index contributed by atoms with van der Waals surface area (Å²) in [6.07, 6.45) is 6.38. The molecule has 5 nitrogen and oxygen atoms in total. The summed E-state index contributed by atoms with van der Waals surface area (Å²) in [7, 11) is 0. The van der Waals surface area contributed by atoms with Crippen molar-refractivity contribution >= 4 is 17.4 Å². The number of halogens is 1. The van der Waals surface area contributed by atoms with Gasteiger partial charge in [-0.25, -0.2) is 9.18 Å². The van der Waals surface area contributed by atoms with Gasteiger partial charge in [0.05, 0.1) is 5.54 Å². The molecule has 4 N–H and O–H groups in total. The summed E-state index contributed by atoms with van der Waals surface area (Å²) in [5, 5.41) is 6.15. The van der Waals surface area contributed by atoms with Crippen LogP contribution in [-0.4, -0.2) is 35.6 Å². The summed E-state index contributed by atoms with van der Waals surface area (Å²) in [5.41, 5.74) is 8.12. The van der Waals surface area contributed by atoms with Crippen LogP contribution in [0.1, 0.15) is 37.7 Å². The van der Waals surface area contributed by atoms with Crippen molar-refractivity contribution < 1.29 is 9.18 Å². The van der Waals surface area contributed by atoms with Crippen molar-refractivity contribution in [3.05, 3.63) is 59.9 Å². The normalized spacial score (nSPS) is 20.8. The molecule has 2 aliphatic rings. The van der Waals surface area contributed by atoms with Gasteiger partial charge in [-0.3, -0.25) is 4.90 Å². The smallest absolute Gasteiger partial charge is 0.319 e. The molecule has 1 heterocycles. The van der Waals surface area contributed by atoms with Crippen molar-refractivity contribution in [2.45, 2.75) is 50.1 Å². The van der Waals surface area contributed by atoms with E-state index in [-0.39, 0.29) is 17.4 Å². The highest BCUT2D eigenvalue weighted by molar-refractivity contribution is 5.90. The van der Waals surface area contributed by atoms with Crippen molar-refractivity contribution in [3.63, 3.8) is 0 Å². The van der Waals surface area contributed by atoms with E-state index in [1.165, 1.54) is 24.1 Å². The molecule has 2 amide bonds. The highest BCUT2D eigenvalue weighted by Crippen LogP contribution is 2.35. The first-order valence-electron chi connectivity index (χ1n) is 10.4. The van der Waals surface area contributed by atoms with Crippen LogP contribution in [0.5, 0.6) is 0 Å². The molecule has 2 aromatic carbocycles. The van der Waals surface area contributed by atoms with Gasteiger partial charge < -0.3 is 16.4 Å². The second kappa shape index (κ2) is 8.41. The highest BCUT2D eigenvalue weighted by Gasteiger charge is 2.42. The first-order valence-corrected chi connectivity index (χ1v) is 10.4. The third-order valence-electron chi connectivity index (χ3n) is 6.25. The fourth-order valence-electron chi connectivity index (χ4n) is 4.51. The molecule has 0 spiro atoms. The number of urea groups is 1. The van der Waals surface area contributed by atoms with Crippen LogP contribution in [0.2, 0.25) is 0 Å². The Bertz CT molecular complexity index is 833. The third-order valence-corrected chi connectivity index (χ3v) is 6.25. The average Bonchev–Trinajstić information content (AvgIpc) is 3.10. The quantitative estimate of drug-likeness (QED) is 0.642. The van der Waals surface area contributed by atoms with E-state index in [1.54, 1.807) is 12.1 Å². The van der Waals surface area contributed by atoms with Gasteiger partial charge in [-0.05, 0) is 87.0 Å². The maximum Gasteiger partial charge on any atom is 0.319 e. The second-order valence-corrected chi connectivity index (χ2v) is 8.43. The van der Waals surface area contributed by atoms with Gasteiger partial charge in [0.2, 0.25) is 0 Å². The van der Waals surface area contributed by atoms with Crippen LogP contribution in [0.4, 0.5) is 20.6 Å². The number of carbonyl (C=O) groups is 1. The largest absolute Gasteiger partial charge is 0.399 e. The molecular weight excluding hydrogens is 367 g/mol. The van der Waals surface area contributed by atoms with Crippen molar-refractivity contribution in [1.29, 1.82) is 0 Å². The number of nitrogens with one attached hydrogen (secondary N) is 2. The number of carbonyl (C=O) groups excluding carboxylic acids is 1. The van der Waals surface area contributed by atoms with Gasteiger partial charge in [-0.15, -0.1) is 0 Å². The molecule has 4 rings (SSSR count). The minimum Gasteiger partial charge on any atom is -0.399 e. The molecule has 0 radical (unpaired) electrons. The van der Waals surface area contributed by atoms with Crippen molar-refractivity contribution in [2.75, 3.05) is 24.1 Å². The molecule has 1 saturated heterocycles. The van der Waals surface area contributed by atoms with E-state index >= 15 is 0 Å². The molecule has 2 aromatic rings. The van der Waals surface area contributed by atoms with E-state index in [0.29, 0.717) is 11.7 Å². The molecule has 1 atom stereocenters. The topological polar surface area (TPSA) is 70.4 Å². The number of hydrogen-bond donors (Lipinski definition) is 3. The van der Waals surface area contributed by atoms with Gasteiger partial charge in [0, 0.05) is 24.0 Å². The lowest BCUT2D eigenvalue weighted by atomic mass is 9.76. The van der Waals surface area contributed by atoms with Gasteiger partial charge in [0.15, 0.2) is 0 Å². The van der Waals surface area contributed by atoms with Crippen LogP contribution in [0, 0.1) is 5.82 Å². The highest BCUT2D eigenvalue weighted by atomic mass is 19.1. The average molecular weight is 397 g/mol. The van der Waals surface area contributed by atoms with E-state index in [1.807, 2.05) is 24.3 Å². The molecular formula is C23H29FN4O. The monoisotopic (exact) mass is 396 g/mol. The van der Waals surface area contributed by atoms with Gasteiger partial charge >= 0.3 is 6.03 Å². The Morgan fingerprint density at radius 1 is 1.10 bits per heavy atom. The van der Waals surface area contributed by atoms with E-state index < -0.39 is 0 Å². The summed E-state index contributed by atoms with van der Waals surface area (Å²) in [4.78, 5) is 15.1. The number of likely N-dealkylation sites (tertiary alicyclic amines) is 1. The fourth-order valence-corrected chi connectivity index (χ4v) is 4.51. The maximum absolute atomic E-state index is 13.2. The van der Waals surface area contributed by atoms with Gasteiger partial charge in [-0.1, -0.05) is 12.1 Å². The zero-order valence-corrected chi connectivity index (χ0v) is 16.7. The number of anilines is 2. The van der Waals surface area contributed by atoms with Crippen LogP contribution in [0.25, 0.3) is 0 Å². The van der Waals surface area contributed by atoms with Crippen molar-refractivity contribution in [3.8, 4) is 0 Å². The molecule has 1 aliphatic heterocycles. The predicted molar refractivity (Wildman–Crippen MR) is 114 cm³/mol. The zero-order valence-electron chi connectivity index (χ0n) is 16.7. The van der Waals surface area contributed by atoms with Gasteiger partial charge in [0.1, 0.15) is 5.82 Å². The molecule has 0 bridgehead atoms. The number of amides is 2. The standard InChI is InChI=1S/C23H29FN4O/c24-18-6-4-17(5-7-18)15-21-3-1-14-28(21)16-23(12-2-13-23)27-22(29)26-20-10-8-19(25)9-11-20/h4-11,21H,1-3,12-16,25H2,(H2,26,27,29). The van der Waals surface area contributed by atoms with Gasteiger partial charge in [-0.2, -0.15) is 0 Å². The zero-order chi connectivity index (χ0) is 20.3. The molecule has 154 valence electrons. The summed E-state index contributed by atoms with van der Waals surface area (Å²) in [6, 6.07) is 14.3. The Morgan fingerprint density at radius 3 is 2.48 bits per heavy atom. The number of nitrogen functional groups attached to an aromatic ring is 1. The summed E-state index contributed by atoms with van der Waals surface area (Å²) in [5.74, 6) is -0.193. The molecule has 1 aliphatic carbocycles. The summed E-state index contributed by atoms with van der Waals surface area (Å²) >= 11 is 0. The molecule has 1 unspecified atom stereocenters. The fraction of sp³-hybridized carbons (Fsp3) is 0.435. The van der Waals surface area contributed by atoms with Crippen LogP contribution in [-0.2, 0) is 6.42 Å². The molecule has 2 fully saturated rings. The first-order chi connectivity index (χ1) is 14.0. The number of nitrogens with two attached hydrogens (primary N) is 1. The minimum absolute atomic E-state index is 0.163. The molecule has 0 aromatic heterocycles. The van der Waals surface area contributed by atoms with Crippen LogP contribution >= 0.6 is 0 Å². The van der Waals surface area contributed by atoms with Crippen molar-refractivity contribution in [2.24, 2.45) is 0 Å².